The Bertz CT molecular complexity index is 5530. The van der Waals surface area contributed by atoms with E-state index in [0.29, 0.717) is 124 Å². The highest BCUT2D eigenvalue weighted by molar-refractivity contribution is 7.96. The van der Waals surface area contributed by atoms with Crippen LogP contribution in [0, 0.1) is 17.8 Å². The van der Waals surface area contributed by atoms with E-state index in [4.69, 9.17) is 51.4 Å². The number of imidazole rings is 6. The van der Waals surface area contributed by atoms with Gasteiger partial charge in [0, 0.05) is 46.2 Å². The topological polar surface area (TPSA) is 649 Å². The Hall–Kier alpha value is -10.7. The van der Waals surface area contributed by atoms with Crippen LogP contribution in [0.25, 0.3) is 67.0 Å². The molecule has 122 heavy (non-hydrogen) atoms. The number of aliphatic hydroxyl groups is 6. The van der Waals surface area contributed by atoms with Gasteiger partial charge in [-0.2, -0.15) is 0 Å². The summed E-state index contributed by atoms with van der Waals surface area (Å²) in [5.74, 6) is 4.05. The van der Waals surface area contributed by atoms with Gasteiger partial charge in [0.15, 0.2) is 93.0 Å². The molecule has 12 aromatic heterocycles. The summed E-state index contributed by atoms with van der Waals surface area (Å²) in [4.78, 5) is 88.1. The lowest BCUT2D eigenvalue weighted by atomic mass is 10.1. The number of rotatable bonds is 22. The van der Waals surface area contributed by atoms with Crippen molar-refractivity contribution < 1.29 is 74.7 Å². The summed E-state index contributed by atoms with van der Waals surface area (Å²) in [7, 11) is 1.61. The number of aromatic nitrogens is 24. The molecule has 23 atom stereocenters. The van der Waals surface area contributed by atoms with Crippen molar-refractivity contribution in [1.29, 1.82) is 0 Å². The van der Waals surface area contributed by atoms with Crippen molar-refractivity contribution in [3.05, 3.63) is 75.9 Å². The molecule has 5 unspecified atom stereocenters. The Morgan fingerprint density at radius 1 is 0.459 bits per heavy atom. The number of aliphatic hydroxyl groups excluding tert-OH is 6. The third-order valence-electron chi connectivity index (χ3n) is 23.3. The van der Waals surface area contributed by atoms with Gasteiger partial charge in [-0.15, -0.1) is 0 Å². The molecule has 20 N–H and O–H groups in total. The van der Waals surface area contributed by atoms with E-state index in [2.05, 4.69) is 158 Å². The molecule has 48 heteroatoms. The summed E-state index contributed by atoms with van der Waals surface area (Å²) in [6, 6.07) is -0.768. The molecule has 7 aliphatic rings. The highest BCUT2D eigenvalue weighted by atomic mass is 32.2. The van der Waals surface area contributed by atoms with Crippen LogP contribution in [0.1, 0.15) is 111 Å². The normalized spacial score (nSPS) is 29.2. The van der Waals surface area contributed by atoms with E-state index < -0.39 is 85.6 Å². The minimum atomic E-state index is -1.17. The molecule has 0 aliphatic carbocycles. The Labute approximate surface area is 699 Å². The number of hydrogen-bond acceptors (Lipinski definition) is 40. The molecule has 0 amide bonds. The molecule has 0 radical (unpaired) electrons. The number of nitrogens with one attached hydrogen (secondary N) is 3. The molecule has 7 saturated heterocycles. The predicted molar refractivity (Wildman–Crippen MR) is 439 cm³/mol. The van der Waals surface area contributed by atoms with Gasteiger partial charge in [-0.25, -0.2) is 89.7 Å². The quantitative estimate of drug-likeness (QED) is 0.0193. The second kappa shape index (κ2) is 37.2. The maximum Gasteiger partial charge on any atom is 0.167 e. The first kappa shape index (κ1) is 86.3. The number of nitrogen functional groups attached to an aromatic ring is 4. The van der Waals surface area contributed by atoms with Gasteiger partial charge in [-0.05, 0) is 81.6 Å². The monoisotopic (exact) mass is 1710 g/mol. The Morgan fingerprint density at radius 2 is 0.803 bits per heavy atom. The molecule has 19 rings (SSSR count). The van der Waals surface area contributed by atoms with E-state index >= 15 is 0 Å². The fourth-order valence-electron chi connectivity index (χ4n) is 15.4. The van der Waals surface area contributed by atoms with Gasteiger partial charge in [0.1, 0.15) is 151 Å². The summed E-state index contributed by atoms with van der Waals surface area (Å²) in [6.07, 6.45) is 14.2. The number of anilines is 6. The summed E-state index contributed by atoms with van der Waals surface area (Å²) >= 11 is 0. The largest absolute Gasteiger partial charge is 0.544 e. The van der Waals surface area contributed by atoms with Crippen LogP contribution < -0.4 is 49.7 Å². The number of aliphatic carboxylic acids is 1. The lowest BCUT2D eigenvalue weighted by molar-refractivity contribution is -0.437. The fraction of sp³-hybridized carbons (Fsp3) is 0.581. The second-order valence-electron chi connectivity index (χ2n) is 31.6. The third kappa shape index (κ3) is 18.1. The highest BCUT2D eigenvalue weighted by Crippen LogP contribution is 2.41. The molecular weight excluding hydrogens is 1610 g/mol. The molecule has 12 aromatic rings. The number of fused-ring (bicyclic) bond motifs is 6. The number of carboxylic acid groups (broad SMARTS) is 1. The van der Waals surface area contributed by atoms with Crippen molar-refractivity contribution in [3.8, 4) is 0 Å². The molecule has 0 bridgehead atoms. The first-order valence-corrected chi connectivity index (χ1v) is 42.3. The molecule has 0 spiro atoms. The fourth-order valence-corrected chi connectivity index (χ4v) is 17.1. The van der Waals surface area contributed by atoms with E-state index in [-0.39, 0.29) is 65.3 Å². The number of hydrogen-bond donors (Lipinski definition) is 14. The van der Waals surface area contributed by atoms with Gasteiger partial charge >= 0.3 is 0 Å². The Morgan fingerprint density at radius 3 is 1.20 bits per heavy atom. The molecule has 0 saturated carbocycles. The minimum Gasteiger partial charge on any atom is -0.544 e. The lowest BCUT2D eigenvalue weighted by Crippen LogP contribution is -2.68. The van der Waals surface area contributed by atoms with Crippen molar-refractivity contribution in [2.75, 3.05) is 97.6 Å². The number of nitrogens with two attached hydrogens (primary N) is 4. The van der Waals surface area contributed by atoms with Crippen molar-refractivity contribution in [2.45, 2.75) is 190 Å². The average molecular weight is 1710 g/mol. The van der Waals surface area contributed by atoms with Crippen LogP contribution in [0.15, 0.2) is 75.9 Å². The SMILES string of the molecule is CNc1ncnc2c1ncn2[C@H]1C[C@H](C)[C@@H](C)O1.C[C@H]1C[C@H](n2cnc3c(N)ncnc32)O[C@@H]1C.C[C@H]1C[C@H](n2cnc3c(NCCNCC[C@H]4O[C@H](n5cnc6c(N)ncnc65)C(O)C4O)ncnc32)O[C@@H]1C.C[S+](CC[C@H]([NH3+])C(=O)[O-])C[C@H]1O[C@@H](n2cnc3c(N)ncnc32)C(O)[C@H]1O.Nc1ncnc2c1ncn2[C@@H]1O[C@H](CN2CC2)[C@H](O)C1O. The number of carbonyl (C=O) groups excluding carboxylic acids is 1. The molecule has 7 aliphatic heterocycles. The number of carbonyl (C=O) groups is 1. The molecule has 47 nitrogen and oxygen atoms in total. The van der Waals surface area contributed by atoms with Gasteiger partial charge < -0.3 is 114 Å². The predicted octanol–water partition coefficient (Wildman–Crippen LogP) is -2.26. The first-order valence-electron chi connectivity index (χ1n) is 40.3. The van der Waals surface area contributed by atoms with Crippen molar-refractivity contribution in [2.24, 2.45) is 17.8 Å². The van der Waals surface area contributed by atoms with Gasteiger partial charge in [0.2, 0.25) is 0 Å². The second-order valence-corrected chi connectivity index (χ2v) is 33.9. The van der Waals surface area contributed by atoms with Gasteiger partial charge in [0.05, 0.1) is 74.6 Å². The van der Waals surface area contributed by atoms with Crippen LogP contribution in [0.4, 0.5) is 34.9 Å². The summed E-state index contributed by atoms with van der Waals surface area (Å²) in [6.45, 7) is 17.3. The van der Waals surface area contributed by atoms with Crippen LogP contribution >= 0.6 is 0 Å². The standard InChI is InChI=1S/C24H33N11O4.C15H22N6O5S.C12H16N6O3.C12H17N5O.C11H15N5O/c1-12-7-15(38-13(12)2)34-10-33-17-21(29-9-31-23(17)34)27-6-5-26-4-3-14-18(36)19(37)24(39-14)35-11-32-16-20(25)28-8-30-22(16)35;1-27(3-2-7(16)15(24)25)4-8-10(22)11(23)14(26-8)21-6-20-9-12(17)18-5-19-13(9)21;13-10-7-11(15-4-14-10)18(5-16-7)12-9(20)8(19)6(21-12)3-17-1-2-17;1-7-4-9(18-8(7)2)17-6-16-10-11(13-3)14-5-15-12(10)17;1-6-3-8(17-7(6)2)16-5-15-9-10(12)13-4-14-11(9)16/h8-15,18-19,24,26,36-37H,3-7H2,1-2H3,(H2,25,28,30)(H,27,29,31);5-8,10-11,14,22-23H,2-4,16H2,1H3,(H2-,17,18,19,24,25);4-6,8-9,12,19-20H,1-3H2,(H2,13,14,15);5-9H,4H2,1-3H3,(H,13,14,15);4-8H,3H2,1-2H3,(H2,12,13,14)/p+1/t12-,13+,14+,15+,18?,19?,24-;7-,8+,10-,11?,14+,27?;6-,8+,9?,12-;7-,8+,9+;6-,7+,8+/m00100/s1. The van der Waals surface area contributed by atoms with Crippen LogP contribution in [0.3, 0.4) is 0 Å². The zero-order chi connectivity index (χ0) is 86.1. The zero-order valence-electron chi connectivity index (χ0n) is 68.4. The highest BCUT2D eigenvalue weighted by Gasteiger charge is 2.49. The first-order chi connectivity index (χ1) is 58.7. The smallest absolute Gasteiger partial charge is 0.167 e. The van der Waals surface area contributed by atoms with Crippen molar-refractivity contribution in [3.63, 3.8) is 0 Å². The van der Waals surface area contributed by atoms with Crippen LogP contribution in [0.2, 0.25) is 0 Å². The molecular formula is C74H104N33O14S+. The molecule has 654 valence electrons. The van der Waals surface area contributed by atoms with Gasteiger partial charge in [0.25, 0.3) is 0 Å². The number of quaternary nitrogens is 1. The van der Waals surface area contributed by atoms with Gasteiger partial charge in [-0.1, -0.05) is 20.8 Å². The summed E-state index contributed by atoms with van der Waals surface area (Å²) < 4.78 is 46.2. The van der Waals surface area contributed by atoms with Crippen LogP contribution in [0.5, 0.6) is 0 Å². The molecule has 0 aromatic carbocycles. The Kier molecular flexibility index (Phi) is 26.3. The number of nitrogens with zero attached hydrogens (tertiary/aromatic N) is 25. The Balaban J connectivity index is 0.000000123. The third-order valence-corrected chi connectivity index (χ3v) is 25.1. The van der Waals surface area contributed by atoms with E-state index in [0.717, 1.165) is 60.6 Å². The summed E-state index contributed by atoms with van der Waals surface area (Å²) in [5, 5.41) is 82.8. The summed E-state index contributed by atoms with van der Waals surface area (Å²) in [5.41, 5.74) is 33.7. The molecule has 7 fully saturated rings. The van der Waals surface area contributed by atoms with Crippen LogP contribution in [-0.2, 0) is 44.1 Å². The minimum absolute atomic E-state index is 0.000648. The lowest BCUT2D eigenvalue weighted by Gasteiger charge is -2.16. The maximum absolute atomic E-state index is 10.8. The van der Waals surface area contributed by atoms with Gasteiger partial charge in [-0.3, -0.25) is 32.3 Å². The number of ether oxygens (including phenoxy) is 6. The van der Waals surface area contributed by atoms with E-state index in [9.17, 15) is 40.5 Å². The average Bonchev–Trinajstić information content (AvgIpc) is 1.63. The van der Waals surface area contributed by atoms with E-state index in [1.807, 2.05) is 27.0 Å². The zero-order valence-corrected chi connectivity index (χ0v) is 69.2. The maximum atomic E-state index is 10.8. The van der Waals surface area contributed by atoms with Crippen LogP contribution in [-0.4, -0.2) is 302 Å². The molecule has 19 heterocycles. The van der Waals surface area contributed by atoms with E-state index in [1.165, 1.54) is 55.2 Å². The number of carboxylic acids is 1. The van der Waals surface area contributed by atoms with E-state index in [1.54, 1.807) is 34.4 Å². The van der Waals surface area contributed by atoms with Crippen molar-refractivity contribution >= 4 is 119 Å². The van der Waals surface area contributed by atoms with Crippen molar-refractivity contribution in [1.82, 2.24) is 127 Å².